The van der Waals surface area contributed by atoms with Gasteiger partial charge in [0, 0.05) is 18.8 Å². The first kappa shape index (κ1) is 10.5. The lowest BCUT2D eigenvalue weighted by Gasteiger charge is -2.11. The first-order valence-corrected chi connectivity index (χ1v) is 5.04. The zero-order valence-corrected chi connectivity index (χ0v) is 9.29. The molecule has 0 saturated heterocycles. The molecule has 13 heavy (non-hydrogen) atoms. The van der Waals surface area contributed by atoms with Gasteiger partial charge < -0.3 is 5.32 Å². The summed E-state index contributed by atoms with van der Waals surface area (Å²) in [5, 5.41) is 7.46. The van der Waals surface area contributed by atoms with Gasteiger partial charge in [0.05, 0.1) is 17.2 Å². The highest BCUT2D eigenvalue weighted by molar-refractivity contribution is 9.10. The Morgan fingerprint density at radius 2 is 2.62 bits per heavy atom. The average molecular weight is 244 g/mol. The fourth-order valence-electron chi connectivity index (χ4n) is 1.07. The van der Waals surface area contributed by atoms with Gasteiger partial charge in [0.25, 0.3) is 0 Å². The van der Waals surface area contributed by atoms with E-state index in [-0.39, 0.29) is 0 Å². The van der Waals surface area contributed by atoms with E-state index < -0.39 is 0 Å². The molecule has 0 aliphatic rings. The normalized spacial score (nSPS) is 12.8. The van der Waals surface area contributed by atoms with E-state index in [1.165, 1.54) is 0 Å². The van der Waals surface area contributed by atoms with E-state index in [0.717, 1.165) is 17.6 Å². The summed E-state index contributed by atoms with van der Waals surface area (Å²) in [6.07, 6.45) is 5.61. The van der Waals surface area contributed by atoms with Crippen molar-refractivity contribution >= 4 is 15.9 Å². The van der Waals surface area contributed by atoms with Gasteiger partial charge in [0.15, 0.2) is 0 Å². The first-order chi connectivity index (χ1) is 6.22. The molecule has 1 unspecified atom stereocenters. The maximum Gasteiger partial charge on any atom is 0.0632 e. The second-order valence-corrected chi connectivity index (χ2v) is 3.89. The van der Waals surface area contributed by atoms with Gasteiger partial charge in [0.1, 0.15) is 0 Å². The Balaban J connectivity index is 2.35. The maximum atomic E-state index is 4.17. The van der Waals surface area contributed by atoms with E-state index in [1.54, 1.807) is 6.20 Å². The predicted octanol–water partition coefficient (Wildman–Crippen LogP) is 1.81. The molecule has 1 N–H and O–H groups in total. The van der Waals surface area contributed by atoms with Crippen LogP contribution in [0.1, 0.15) is 6.92 Å². The van der Waals surface area contributed by atoms with Crippen LogP contribution in [0.4, 0.5) is 0 Å². The highest BCUT2D eigenvalue weighted by atomic mass is 79.9. The minimum absolute atomic E-state index is 0.407. The molecule has 0 aliphatic carbocycles. The van der Waals surface area contributed by atoms with E-state index >= 15 is 0 Å². The summed E-state index contributed by atoms with van der Waals surface area (Å²) in [7, 11) is 0. The van der Waals surface area contributed by atoms with Gasteiger partial charge in [0.2, 0.25) is 0 Å². The summed E-state index contributed by atoms with van der Waals surface area (Å²) in [6, 6.07) is 0.407. The molecular formula is C9H14BrN3. The summed E-state index contributed by atoms with van der Waals surface area (Å²) in [5.41, 5.74) is 0. The molecule has 3 nitrogen and oxygen atoms in total. The quantitative estimate of drug-likeness (QED) is 0.800. The monoisotopic (exact) mass is 243 g/mol. The Morgan fingerprint density at radius 1 is 1.85 bits per heavy atom. The largest absolute Gasteiger partial charge is 0.309 e. The molecule has 0 bridgehead atoms. The lowest BCUT2D eigenvalue weighted by Crippen LogP contribution is -2.30. The van der Waals surface area contributed by atoms with Crippen molar-refractivity contribution in [1.29, 1.82) is 0 Å². The molecule has 0 radical (unpaired) electrons. The minimum Gasteiger partial charge on any atom is -0.309 e. The fourth-order valence-corrected chi connectivity index (χ4v) is 1.40. The number of aromatic nitrogens is 2. The van der Waals surface area contributed by atoms with E-state index in [1.807, 2.05) is 17.0 Å². The molecule has 1 heterocycles. The van der Waals surface area contributed by atoms with Crippen molar-refractivity contribution in [3.63, 3.8) is 0 Å². The second-order valence-electron chi connectivity index (χ2n) is 2.98. The lowest BCUT2D eigenvalue weighted by molar-refractivity contribution is 0.468. The second kappa shape index (κ2) is 5.19. The molecule has 1 rings (SSSR count). The van der Waals surface area contributed by atoms with E-state index in [4.69, 9.17) is 0 Å². The van der Waals surface area contributed by atoms with Crippen LogP contribution in [0.15, 0.2) is 29.5 Å². The third-order valence-electron chi connectivity index (χ3n) is 1.67. The highest BCUT2D eigenvalue weighted by Gasteiger charge is 2.01. The summed E-state index contributed by atoms with van der Waals surface area (Å²) in [6.45, 7) is 7.49. The molecule has 0 aromatic carbocycles. The molecule has 1 aromatic heterocycles. The number of nitrogens with zero attached hydrogens (tertiary/aromatic N) is 2. The van der Waals surface area contributed by atoms with Crippen molar-refractivity contribution < 1.29 is 0 Å². The van der Waals surface area contributed by atoms with Crippen LogP contribution in [0.3, 0.4) is 0 Å². The first-order valence-electron chi connectivity index (χ1n) is 4.24. The van der Waals surface area contributed by atoms with Gasteiger partial charge in [-0.3, -0.25) is 4.68 Å². The SMILES string of the molecule is C=CCNC(C)Cn1cc(Br)cn1. The van der Waals surface area contributed by atoms with Crippen molar-refractivity contribution in [1.82, 2.24) is 15.1 Å². The molecule has 0 fully saturated rings. The van der Waals surface area contributed by atoms with Gasteiger partial charge in [-0.2, -0.15) is 5.10 Å². The highest BCUT2D eigenvalue weighted by Crippen LogP contribution is 2.06. The van der Waals surface area contributed by atoms with Crippen molar-refractivity contribution in [3.05, 3.63) is 29.5 Å². The van der Waals surface area contributed by atoms with Crippen LogP contribution < -0.4 is 5.32 Å². The van der Waals surface area contributed by atoms with Gasteiger partial charge in [-0.1, -0.05) is 6.08 Å². The topological polar surface area (TPSA) is 29.9 Å². The summed E-state index contributed by atoms with van der Waals surface area (Å²) in [5.74, 6) is 0. The number of nitrogens with one attached hydrogen (secondary N) is 1. The zero-order valence-electron chi connectivity index (χ0n) is 7.70. The Labute approximate surface area is 87.0 Å². The van der Waals surface area contributed by atoms with Crippen molar-refractivity contribution in [3.8, 4) is 0 Å². The van der Waals surface area contributed by atoms with E-state index in [9.17, 15) is 0 Å². The van der Waals surface area contributed by atoms with Gasteiger partial charge in [-0.15, -0.1) is 6.58 Å². The smallest absolute Gasteiger partial charge is 0.0632 e. The molecule has 4 heteroatoms. The lowest BCUT2D eigenvalue weighted by atomic mass is 10.3. The summed E-state index contributed by atoms with van der Waals surface area (Å²) < 4.78 is 2.92. The standard InChI is InChI=1S/C9H14BrN3/c1-3-4-11-8(2)6-13-7-9(10)5-12-13/h3,5,7-8,11H,1,4,6H2,2H3. The zero-order chi connectivity index (χ0) is 9.68. The molecule has 0 aliphatic heterocycles. The third kappa shape index (κ3) is 3.74. The molecule has 72 valence electrons. The molecule has 0 amide bonds. The number of hydrogen-bond donors (Lipinski definition) is 1. The third-order valence-corrected chi connectivity index (χ3v) is 2.08. The van der Waals surface area contributed by atoms with Gasteiger partial charge in [-0.25, -0.2) is 0 Å². The molecular weight excluding hydrogens is 230 g/mol. The Kier molecular flexibility index (Phi) is 4.18. The van der Waals surface area contributed by atoms with Gasteiger partial charge >= 0.3 is 0 Å². The Morgan fingerprint density at radius 3 is 3.15 bits per heavy atom. The number of halogens is 1. The molecule has 1 atom stereocenters. The fraction of sp³-hybridized carbons (Fsp3) is 0.444. The maximum absolute atomic E-state index is 4.17. The van der Waals surface area contributed by atoms with Crippen LogP contribution in [-0.2, 0) is 6.54 Å². The van der Waals surface area contributed by atoms with Crippen molar-refractivity contribution in [2.45, 2.75) is 19.5 Å². The average Bonchev–Trinajstić information content (AvgIpc) is 2.48. The van der Waals surface area contributed by atoms with Crippen LogP contribution >= 0.6 is 15.9 Å². The Hall–Kier alpha value is -0.610. The van der Waals surface area contributed by atoms with Crippen LogP contribution in [0, 0.1) is 0 Å². The van der Waals surface area contributed by atoms with Crippen LogP contribution in [0.2, 0.25) is 0 Å². The minimum atomic E-state index is 0.407. The number of hydrogen-bond acceptors (Lipinski definition) is 2. The van der Waals surface area contributed by atoms with Crippen LogP contribution in [0.25, 0.3) is 0 Å². The summed E-state index contributed by atoms with van der Waals surface area (Å²) >= 11 is 3.35. The predicted molar refractivity (Wildman–Crippen MR) is 57.6 cm³/mol. The summed E-state index contributed by atoms with van der Waals surface area (Å²) in [4.78, 5) is 0. The molecule has 0 spiro atoms. The molecule has 1 aromatic rings. The van der Waals surface area contributed by atoms with Crippen molar-refractivity contribution in [2.24, 2.45) is 0 Å². The van der Waals surface area contributed by atoms with Crippen LogP contribution in [-0.4, -0.2) is 22.4 Å². The number of rotatable bonds is 5. The van der Waals surface area contributed by atoms with Gasteiger partial charge in [-0.05, 0) is 22.9 Å². The Bertz CT molecular complexity index is 270. The van der Waals surface area contributed by atoms with E-state index in [0.29, 0.717) is 6.04 Å². The molecule has 0 saturated carbocycles. The van der Waals surface area contributed by atoms with E-state index in [2.05, 4.69) is 39.8 Å². The van der Waals surface area contributed by atoms with Crippen LogP contribution in [0.5, 0.6) is 0 Å². The van der Waals surface area contributed by atoms with Crippen molar-refractivity contribution in [2.75, 3.05) is 6.54 Å².